The third-order valence-corrected chi connectivity index (χ3v) is 8.55. The SMILES string of the molecule is CC(C)(O)CCn1ncc2cc(-c3ccc(C(=O)N4C5CCCC4CC5)cc3-c3ccc(C#N)c(F)c3)c(F)cc21. The van der Waals surface area contributed by atoms with E-state index in [2.05, 4.69) is 5.10 Å². The van der Waals surface area contributed by atoms with Gasteiger partial charge in [0.05, 0.1) is 22.9 Å². The van der Waals surface area contributed by atoms with Gasteiger partial charge in [0.2, 0.25) is 0 Å². The van der Waals surface area contributed by atoms with Crippen molar-refractivity contribution in [3.8, 4) is 28.3 Å². The van der Waals surface area contributed by atoms with Crippen molar-refractivity contribution in [1.82, 2.24) is 14.7 Å². The number of fused-ring (bicyclic) bond motifs is 3. The van der Waals surface area contributed by atoms with E-state index in [1.165, 1.54) is 18.2 Å². The predicted octanol–water partition coefficient (Wildman–Crippen LogP) is 6.84. The zero-order valence-electron chi connectivity index (χ0n) is 23.2. The fraction of sp³-hybridized carbons (Fsp3) is 0.364. The maximum Gasteiger partial charge on any atom is 0.254 e. The second kappa shape index (κ2) is 10.4. The highest BCUT2D eigenvalue weighted by Gasteiger charge is 2.39. The lowest BCUT2D eigenvalue weighted by molar-refractivity contribution is 0.0594. The molecule has 1 aromatic heterocycles. The maximum atomic E-state index is 15.8. The van der Waals surface area contributed by atoms with E-state index in [4.69, 9.17) is 0 Å². The number of rotatable bonds is 6. The van der Waals surface area contributed by atoms with Gasteiger partial charge < -0.3 is 10.0 Å². The highest BCUT2D eigenvalue weighted by Crippen LogP contribution is 2.40. The highest BCUT2D eigenvalue weighted by atomic mass is 19.1. The quantitative estimate of drug-likeness (QED) is 0.283. The summed E-state index contributed by atoms with van der Waals surface area (Å²) in [5.74, 6) is -1.21. The van der Waals surface area contributed by atoms with Crippen LogP contribution >= 0.6 is 0 Å². The molecule has 0 aliphatic carbocycles. The molecule has 6 nitrogen and oxygen atoms in total. The minimum Gasteiger partial charge on any atom is -0.390 e. The highest BCUT2D eigenvalue weighted by molar-refractivity contribution is 5.99. The minimum absolute atomic E-state index is 0.0527. The molecule has 1 amide bonds. The lowest BCUT2D eigenvalue weighted by atomic mass is 9.90. The Labute approximate surface area is 237 Å². The normalized spacial score (nSPS) is 18.6. The van der Waals surface area contributed by atoms with E-state index in [-0.39, 0.29) is 23.6 Å². The minimum atomic E-state index is -0.880. The van der Waals surface area contributed by atoms with Crippen LogP contribution in [0.3, 0.4) is 0 Å². The van der Waals surface area contributed by atoms with Crippen molar-refractivity contribution in [3.63, 3.8) is 0 Å². The Kier molecular flexibility index (Phi) is 6.87. The van der Waals surface area contributed by atoms with Crippen LogP contribution in [0.15, 0.2) is 54.7 Å². The summed E-state index contributed by atoms with van der Waals surface area (Å²) in [6, 6.07) is 14.9. The lowest BCUT2D eigenvalue weighted by Crippen LogP contribution is -2.44. The Morgan fingerprint density at radius 1 is 1.00 bits per heavy atom. The molecule has 0 saturated carbocycles. The summed E-state index contributed by atoms with van der Waals surface area (Å²) in [4.78, 5) is 15.8. The molecule has 2 aliphatic heterocycles. The van der Waals surface area contributed by atoms with Gasteiger partial charge in [0.15, 0.2) is 0 Å². The smallest absolute Gasteiger partial charge is 0.254 e. The molecule has 3 aromatic carbocycles. The summed E-state index contributed by atoms with van der Waals surface area (Å²) < 4.78 is 32.3. The van der Waals surface area contributed by atoms with E-state index in [1.807, 2.05) is 11.0 Å². The number of benzene rings is 3. The molecular weight excluding hydrogens is 522 g/mol. The van der Waals surface area contributed by atoms with Crippen molar-refractivity contribution in [2.24, 2.45) is 0 Å². The fourth-order valence-corrected chi connectivity index (χ4v) is 6.39. The summed E-state index contributed by atoms with van der Waals surface area (Å²) in [7, 11) is 0. The summed E-state index contributed by atoms with van der Waals surface area (Å²) in [6.45, 7) is 3.86. The molecule has 2 bridgehead atoms. The number of aliphatic hydroxyl groups is 1. The standard InChI is InChI=1S/C33H32F2N4O2/c1-33(2,41)12-13-38-31-17-30(35)28(15-23(31)19-37-38)26-11-8-21(32(40)39-24-4-3-5-25(39)10-9-24)14-27(26)20-6-7-22(18-36)29(34)16-20/h6-8,11,14-17,19,24-25,41H,3-5,9-10,12-13H2,1-2H3. The third kappa shape index (κ3) is 5.11. The largest absolute Gasteiger partial charge is 0.390 e. The van der Waals surface area contributed by atoms with Crippen LogP contribution in [0.4, 0.5) is 8.78 Å². The van der Waals surface area contributed by atoms with E-state index >= 15 is 4.39 Å². The van der Waals surface area contributed by atoms with Gasteiger partial charge in [0.1, 0.15) is 17.7 Å². The molecular formula is C33H32F2N4O2. The van der Waals surface area contributed by atoms with Gasteiger partial charge in [-0.25, -0.2) is 8.78 Å². The van der Waals surface area contributed by atoms with Gasteiger partial charge in [-0.15, -0.1) is 0 Å². The number of aromatic nitrogens is 2. The van der Waals surface area contributed by atoms with Crippen LogP contribution in [0.25, 0.3) is 33.2 Å². The number of carbonyl (C=O) groups is 1. The number of nitriles is 1. The van der Waals surface area contributed by atoms with Crippen molar-refractivity contribution >= 4 is 16.8 Å². The summed E-state index contributed by atoms with van der Waals surface area (Å²) in [6.07, 6.45) is 7.27. The first-order valence-electron chi connectivity index (χ1n) is 14.2. The third-order valence-electron chi connectivity index (χ3n) is 8.55. The Hall–Kier alpha value is -4.09. The first kappa shape index (κ1) is 27.1. The monoisotopic (exact) mass is 554 g/mol. The van der Waals surface area contributed by atoms with Crippen molar-refractivity contribution in [1.29, 1.82) is 5.26 Å². The van der Waals surface area contributed by atoms with Crippen LogP contribution in [-0.2, 0) is 6.54 Å². The molecule has 41 heavy (non-hydrogen) atoms. The number of aryl methyl sites for hydroxylation is 1. The number of carbonyl (C=O) groups excluding carboxylic acids is 1. The van der Waals surface area contributed by atoms with Crippen molar-refractivity contribution in [2.75, 3.05) is 0 Å². The summed E-state index contributed by atoms with van der Waals surface area (Å²) >= 11 is 0. The van der Waals surface area contributed by atoms with Gasteiger partial charge in [-0.05, 0) is 99.4 Å². The van der Waals surface area contributed by atoms with E-state index in [9.17, 15) is 19.6 Å². The van der Waals surface area contributed by atoms with Crippen LogP contribution in [0, 0.1) is 23.0 Å². The van der Waals surface area contributed by atoms with E-state index in [1.54, 1.807) is 55.1 Å². The van der Waals surface area contributed by atoms with Gasteiger partial charge in [0.25, 0.3) is 5.91 Å². The van der Waals surface area contributed by atoms with Gasteiger partial charge >= 0.3 is 0 Å². The molecule has 0 radical (unpaired) electrons. The van der Waals surface area contributed by atoms with Crippen LogP contribution in [-0.4, -0.2) is 43.4 Å². The fourth-order valence-electron chi connectivity index (χ4n) is 6.39. The second-order valence-electron chi connectivity index (χ2n) is 11.9. The predicted molar refractivity (Wildman–Crippen MR) is 153 cm³/mol. The molecule has 2 atom stereocenters. The molecule has 8 heteroatoms. The zero-order valence-corrected chi connectivity index (χ0v) is 23.2. The Morgan fingerprint density at radius 3 is 2.44 bits per heavy atom. The van der Waals surface area contributed by atoms with Crippen molar-refractivity contribution < 1.29 is 18.7 Å². The van der Waals surface area contributed by atoms with E-state index in [0.29, 0.717) is 46.3 Å². The Morgan fingerprint density at radius 2 is 1.76 bits per heavy atom. The number of piperidine rings is 1. The summed E-state index contributed by atoms with van der Waals surface area (Å²) in [5.41, 5.74) is 1.90. The first-order chi connectivity index (χ1) is 19.6. The number of hydrogen-bond donors (Lipinski definition) is 1. The molecule has 3 heterocycles. The van der Waals surface area contributed by atoms with Crippen LogP contribution in [0.5, 0.6) is 0 Å². The average Bonchev–Trinajstić information content (AvgIpc) is 3.45. The van der Waals surface area contributed by atoms with E-state index < -0.39 is 17.2 Å². The Bertz CT molecular complexity index is 1680. The van der Waals surface area contributed by atoms with E-state index in [0.717, 1.165) is 37.5 Å². The molecule has 2 saturated heterocycles. The lowest BCUT2D eigenvalue weighted by Gasteiger charge is -2.35. The molecule has 210 valence electrons. The van der Waals surface area contributed by atoms with Gasteiger partial charge in [-0.3, -0.25) is 9.48 Å². The van der Waals surface area contributed by atoms with Crippen molar-refractivity contribution in [3.05, 3.63) is 77.5 Å². The Balaban J connectivity index is 1.45. The van der Waals surface area contributed by atoms with Crippen LogP contribution in [0.2, 0.25) is 0 Å². The van der Waals surface area contributed by atoms with Crippen molar-refractivity contribution in [2.45, 2.75) is 76.6 Å². The number of halogens is 2. The zero-order chi connectivity index (χ0) is 28.9. The number of amides is 1. The van der Waals surface area contributed by atoms with Crippen LogP contribution in [0.1, 0.15) is 68.3 Å². The molecule has 0 spiro atoms. The molecule has 4 aromatic rings. The van der Waals surface area contributed by atoms with Gasteiger partial charge in [0, 0.05) is 41.2 Å². The first-order valence-corrected chi connectivity index (χ1v) is 14.2. The van der Waals surface area contributed by atoms with Gasteiger partial charge in [-0.2, -0.15) is 10.4 Å². The molecule has 2 fully saturated rings. The topological polar surface area (TPSA) is 82.2 Å². The molecule has 1 N–H and O–H groups in total. The average molecular weight is 555 g/mol. The molecule has 2 aliphatic rings. The van der Waals surface area contributed by atoms with Gasteiger partial charge in [-0.1, -0.05) is 12.1 Å². The number of nitrogens with zero attached hydrogens (tertiary/aromatic N) is 4. The molecule has 2 unspecified atom stereocenters. The molecule has 6 rings (SSSR count). The maximum absolute atomic E-state index is 15.8. The second-order valence-corrected chi connectivity index (χ2v) is 11.9. The number of hydrogen-bond acceptors (Lipinski definition) is 4. The van der Waals surface area contributed by atoms with Crippen LogP contribution < -0.4 is 0 Å². The summed E-state index contributed by atoms with van der Waals surface area (Å²) in [5, 5.41) is 24.5.